The molecule has 0 aliphatic carbocycles. The number of rotatable bonds is 4. The van der Waals surface area contributed by atoms with Crippen molar-refractivity contribution in [2.45, 2.75) is 18.6 Å². The van der Waals surface area contributed by atoms with E-state index in [9.17, 15) is 13.2 Å². The van der Waals surface area contributed by atoms with E-state index in [2.05, 4.69) is 5.32 Å². The summed E-state index contributed by atoms with van der Waals surface area (Å²) in [6, 6.07) is 4.11. The van der Waals surface area contributed by atoms with Crippen molar-refractivity contribution in [1.82, 2.24) is 10.2 Å². The number of alkyl halides is 3. The van der Waals surface area contributed by atoms with Gasteiger partial charge in [-0.15, -0.1) is 24.8 Å². The lowest BCUT2D eigenvalue weighted by Gasteiger charge is -2.35. The summed E-state index contributed by atoms with van der Waals surface area (Å²) in [6.45, 7) is 2.57. The van der Waals surface area contributed by atoms with Crippen LogP contribution in [0.3, 0.4) is 0 Å². The average molecular weight is 396 g/mol. The third-order valence-electron chi connectivity index (χ3n) is 3.58. The largest absolute Gasteiger partial charge is 0.495 e. The first-order chi connectivity index (χ1) is 9.90. The maximum absolute atomic E-state index is 12.9. The second-order valence-corrected chi connectivity index (χ2v) is 5.42. The van der Waals surface area contributed by atoms with Crippen LogP contribution in [0.25, 0.3) is 0 Å². The topological polar surface area (TPSA) is 24.5 Å². The molecule has 1 fully saturated rings. The molecule has 0 radical (unpaired) electrons. The molecule has 2 rings (SSSR count). The van der Waals surface area contributed by atoms with Crippen LogP contribution in [0.5, 0.6) is 5.75 Å². The predicted molar refractivity (Wildman–Crippen MR) is 90.4 cm³/mol. The van der Waals surface area contributed by atoms with E-state index < -0.39 is 18.6 Å². The molecule has 1 aliphatic rings. The highest BCUT2D eigenvalue weighted by Crippen LogP contribution is 2.36. The Balaban J connectivity index is 0.00000242. The maximum atomic E-state index is 12.9. The van der Waals surface area contributed by atoms with Crippen molar-refractivity contribution >= 4 is 36.4 Å². The van der Waals surface area contributed by atoms with Gasteiger partial charge >= 0.3 is 6.18 Å². The zero-order valence-electron chi connectivity index (χ0n) is 12.5. The lowest BCUT2D eigenvalue weighted by atomic mass is 10.0. The SMILES string of the molecule is COc1cc([C@H](CC(F)(F)F)N2CCNCC2)ccc1Cl.Cl.Cl. The van der Waals surface area contributed by atoms with Crippen LogP contribution in [-0.2, 0) is 0 Å². The molecule has 9 heteroatoms. The van der Waals surface area contributed by atoms with Gasteiger partial charge in [-0.2, -0.15) is 13.2 Å². The number of halogens is 6. The zero-order chi connectivity index (χ0) is 15.5. The second kappa shape index (κ2) is 9.79. The molecule has 1 aromatic rings. The van der Waals surface area contributed by atoms with E-state index in [0.717, 1.165) is 0 Å². The lowest BCUT2D eigenvalue weighted by Crippen LogP contribution is -2.46. The Hall–Kier alpha value is -0.400. The molecule has 1 heterocycles. The Labute approximate surface area is 151 Å². The summed E-state index contributed by atoms with van der Waals surface area (Å²) in [5, 5.41) is 3.54. The Bertz CT molecular complexity index is 483. The van der Waals surface area contributed by atoms with Gasteiger partial charge in [0.2, 0.25) is 0 Å². The third-order valence-corrected chi connectivity index (χ3v) is 3.89. The maximum Gasteiger partial charge on any atom is 0.390 e. The fourth-order valence-electron chi connectivity index (χ4n) is 2.55. The lowest BCUT2D eigenvalue weighted by molar-refractivity contribution is -0.148. The van der Waals surface area contributed by atoms with Gasteiger partial charge in [-0.1, -0.05) is 17.7 Å². The fraction of sp³-hybridized carbons (Fsp3) is 0.571. The monoisotopic (exact) mass is 394 g/mol. The summed E-state index contributed by atoms with van der Waals surface area (Å²) in [5.74, 6) is 0.400. The van der Waals surface area contributed by atoms with Gasteiger partial charge in [0.05, 0.1) is 18.6 Å². The smallest absolute Gasteiger partial charge is 0.390 e. The van der Waals surface area contributed by atoms with Crippen molar-refractivity contribution in [2.24, 2.45) is 0 Å². The number of nitrogens with zero attached hydrogens (tertiary/aromatic N) is 1. The van der Waals surface area contributed by atoms with Crippen molar-refractivity contribution in [3.63, 3.8) is 0 Å². The minimum Gasteiger partial charge on any atom is -0.495 e. The quantitative estimate of drug-likeness (QED) is 0.831. The fourth-order valence-corrected chi connectivity index (χ4v) is 2.75. The number of benzene rings is 1. The van der Waals surface area contributed by atoms with Crippen LogP contribution >= 0.6 is 36.4 Å². The van der Waals surface area contributed by atoms with Gasteiger partial charge in [0, 0.05) is 32.2 Å². The summed E-state index contributed by atoms with van der Waals surface area (Å²) >= 11 is 5.95. The normalized spacial score (nSPS) is 16.9. The van der Waals surface area contributed by atoms with Crippen LogP contribution in [0.2, 0.25) is 5.02 Å². The van der Waals surface area contributed by atoms with Gasteiger partial charge < -0.3 is 10.1 Å². The number of nitrogens with one attached hydrogen (secondary N) is 1. The van der Waals surface area contributed by atoms with E-state index in [1.807, 2.05) is 4.90 Å². The van der Waals surface area contributed by atoms with Gasteiger partial charge in [-0.3, -0.25) is 4.90 Å². The van der Waals surface area contributed by atoms with Crippen LogP contribution in [0.15, 0.2) is 18.2 Å². The van der Waals surface area contributed by atoms with Crippen LogP contribution < -0.4 is 10.1 Å². The van der Waals surface area contributed by atoms with Gasteiger partial charge in [-0.25, -0.2) is 0 Å². The molecule has 0 aromatic heterocycles. The van der Waals surface area contributed by atoms with E-state index in [0.29, 0.717) is 42.5 Å². The predicted octanol–water partition coefficient (Wildman–Crippen LogP) is 4.09. The Morgan fingerprint density at radius 3 is 2.39 bits per heavy atom. The molecule has 1 saturated heterocycles. The molecule has 0 amide bonds. The minimum absolute atomic E-state index is 0. The highest BCUT2D eigenvalue weighted by Gasteiger charge is 2.36. The molecular weight excluding hydrogens is 376 g/mol. The second-order valence-electron chi connectivity index (χ2n) is 5.02. The van der Waals surface area contributed by atoms with Crippen LogP contribution in [0, 0.1) is 0 Å². The molecule has 1 aromatic carbocycles. The highest BCUT2D eigenvalue weighted by molar-refractivity contribution is 6.32. The molecule has 0 saturated carbocycles. The van der Waals surface area contributed by atoms with Crippen molar-refractivity contribution in [3.05, 3.63) is 28.8 Å². The van der Waals surface area contributed by atoms with Crippen LogP contribution in [-0.4, -0.2) is 44.4 Å². The van der Waals surface area contributed by atoms with E-state index in [1.165, 1.54) is 7.11 Å². The number of methoxy groups -OCH3 is 1. The molecule has 0 unspecified atom stereocenters. The standard InChI is InChI=1S/C14H18ClF3N2O.2ClH/c1-21-13-8-10(2-3-11(13)15)12(9-14(16,17)18)20-6-4-19-5-7-20;;/h2-3,8,12,19H,4-7,9H2,1H3;2*1H/t12-;;/m0../s1. The number of ether oxygens (including phenoxy) is 1. The first kappa shape index (κ1) is 22.6. The third kappa shape index (κ3) is 6.55. The summed E-state index contributed by atoms with van der Waals surface area (Å²) < 4.78 is 43.8. The Morgan fingerprint density at radius 1 is 1.26 bits per heavy atom. The first-order valence-electron chi connectivity index (χ1n) is 6.75. The van der Waals surface area contributed by atoms with E-state index in [4.69, 9.17) is 16.3 Å². The van der Waals surface area contributed by atoms with E-state index in [-0.39, 0.29) is 24.8 Å². The van der Waals surface area contributed by atoms with Crippen molar-refractivity contribution in [1.29, 1.82) is 0 Å². The molecule has 0 spiro atoms. The summed E-state index contributed by atoms with van der Waals surface area (Å²) in [6.07, 6.45) is -5.10. The van der Waals surface area contributed by atoms with E-state index in [1.54, 1.807) is 18.2 Å². The molecule has 1 aliphatic heterocycles. The summed E-state index contributed by atoms with van der Waals surface area (Å²) in [5.41, 5.74) is 0.579. The van der Waals surface area contributed by atoms with Crippen LogP contribution in [0.4, 0.5) is 13.2 Å². The zero-order valence-corrected chi connectivity index (χ0v) is 14.9. The van der Waals surface area contributed by atoms with Gasteiger partial charge in [0.1, 0.15) is 5.75 Å². The molecule has 3 nitrogen and oxygen atoms in total. The Morgan fingerprint density at radius 2 is 1.87 bits per heavy atom. The highest BCUT2D eigenvalue weighted by atomic mass is 35.5. The summed E-state index contributed by atoms with van der Waals surface area (Å²) in [4.78, 5) is 1.85. The number of hydrogen-bond acceptors (Lipinski definition) is 3. The first-order valence-corrected chi connectivity index (χ1v) is 7.13. The number of hydrogen-bond donors (Lipinski definition) is 1. The Kier molecular flexibility index (Phi) is 9.62. The minimum atomic E-state index is -4.22. The number of piperazine rings is 1. The van der Waals surface area contributed by atoms with Crippen molar-refractivity contribution in [3.8, 4) is 5.75 Å². The van der Waals surface area contributed by atoms with Gasteiger partial charge in [0.15, 0.2) is 0 Å². The van der Waals surface area contributed by atoms with Gasteiger partial charge in [-0.05, 0) is 17.7 Å². The molecule has 23 heavy (non-hydrogen) atoms. The molecule has 1 atom stereocenters. The van der Waals surface area contributed by atoms with E-state index >= 15 is 0 Å². The van der Waals surface area contributed by atoms with Gasteiger partial charge in [0.25, 0.3) is 0 Å². The summed E-state index contributed by atoms with van der Waals surface area (Å²) in [7, 11) is 1.45. The van der Waals surface area contributed by atoms with Crippen molar-refractivity contribution in [2.75, 3.05) is 33.3 Å². The molecular formula is C14H20Cl3F3N2O. The van der Waals surface area contributed by atoms with Crippen molar-refractivity contribution < 1.29 is 17.9 Å². The average Bonchev–Trinajstić information content (AvgIpc) is 2.45. The van der Waals surface area contributed by atoms with Crippen LogP contribution in [0.1, 0.15) is 18.0 Å². The molecule has 1 N–H and O–H groups in total. The molecule has 0 bridgehead atoms. The molecule has 134 valence electrons.